The van der Waals surface area contributed by atoms with Crippen LogP contribution in [0.1, 0.15) is 30.5 Å². The number of anilines is 1. The van der Waals surface area contributed by atoms with E-state index < -0.39 is 0 Å². The van der Waals surface area contributed by atoms with Gasteiger partial charge in [0.2, 0.25) is 0 Å². The van der Waals surface area contributed by atoms with Crippen LogP contribution in [0.3, 0.4) is 0 Å². The minimum Gasteiger partial charge on any atom is -0.384 e. The molecule has 1 aromatic carbocycles. The standard InChI is InChI=1S/C15H23FN2O/c1-10-6-15(13(11(2)17)7-14(10)16)18-5-4-12(8-18)9-19-3/h6-7,11-12H,4-5,8-9,17H2,1-3H3. The van der Waals surface area contributed by atoms with Crippen molar-refractivity contribution >= 4 is 5.69 Å². The number of ether oxygens (including phenoxy) is 1. The summed E-state index contributed by atoms with van der Waals surface area (Å²) in [5.74, 6) is 0.375. The Balaban J connectivity index is 2.26. The van der Waals surface area contributed by atoms with E-state index in [1.807, 2.05) is 13.0 Å². The first-order chi connectivity index (χ1) is 9.02. The Hall–Kier alpha value is -1.13. The Morgan fingerprint density at radius 2 is 2.26 bits per heavy atom. The van der Waals surface area contributed by atoms with E-state index >= 15 is 0 Å². The highest BCUT2D eigenvalue weighted by Gasteiger charge is 2.25. The van der Waals surface area contributed by atoms with Gasteiger partial charge in [-0.25, -0.2) is 4.39 Å². The number of methoxy groups -OCH3 is 1. The van der Waals surface area contributed by atoms with Crippen molar-refractivity contribution in [3.05, 3.63) is 29.1 Å². The lowest BCUT2D eigenvalue weighted by Gasteiger charge is -2.24. The summed E-state index contributed by atoms with van der Waals surface area (Å²) in [5.41, 5.74) is 8.62. The zero-order valence-corrected chi connectivity index (χ0v) is 11.9. The molecule has 1 aliphatic rings. The van der Waals surface area contributed by atoms with Crippen LogP contribution in [0, 0.1) is 18.7 Å². The monoisotopic (exact) mass is 266 g/mol. The highest BCUT2D eigenvalue weighted by atomic mass is 19.1. The molecule has 2 rings (SSSR count). The van der Waals surface area contributed by atoms with Crippen molar-refractivity contribution < 1.29 is 9.13 Å². The molecule has 0 radical (unpaired) electrons. The zero-order valence-electron chi connectivity index (χ0n) is 11.9. The quantitative estimate of drug-likeness (QED) is 0.910. The average Bonchev–Trinajstić information content (AvgIpc) is 2.81. The topological polar surface area (TPSA) is 38.5 Å². The van der Waals surface area contributed by atoms with Crippen molar-refractivity contribution in [3.8, 4) is 0 Å². The van der Waals surface area contributed by atoms with Crippen molar-refractivity contribution in [2.24, 2.45) is 11.7 Å². The number of nitrogens with two attached hydrogens (primary N) is 1. The van der Waals surface area contributed by atoms with E-state index in [0.29, 0.717) is 11.5 Å². The van der Waals surface area contributed by atoms with Crippen molar-refractivity contribution in [3.63, 3.8) is 0 Å². The van der Waals surface area contributed by atoms with Gasteiger partial charge in [-0.05, 0) is 43.5 Å². The maximum absolute atomic E-state index is 13.7. The molecule has 2 atom stereocenters. The molecule has 0 aliphatic carbocycles. The van der Waals surface area contributed by atoms with Gasteiger partial charge in [0.1, 0.15) is 5.82 Å². The predicted molar refractivity (Wildman–Crippen MR) is 75.9 cm³/mol. The highest BCUT2D eigenvalue weighted by Crippen LogP contribution is 2.32. The number of hydrogen-bond donors (Lipinski definition) is 1. The SMILES string of the molecule is COCC1CCN(c2cc(C)c(F)cc2C(C)N)C1. The van der Waals surface area contributed by atoms with Crippen molar-refractivity contribution in [1.82, 2.24) is 0 Å². The summed E-state index contributed by atoms with van der Waals surface area (Å²) in [6.07, 6.45) is 1.11. The summed E-state index contributed by atoms with van der Waals surface area (Å²) in [4.78, 5) is 2.30. The van der Waals surface area contributed by atoms with Gasteiger partial charge in [-0.3, -0.25) is 0 Å². The third-order valence-corrected chi connectivity index (χ3v) is 3.83. The van der Waals surface area contributed by atoms with Gasteiger partial charge >= 0.3 is 0 Å². The first kappa shape index (κ1) is 14.3. The normalized spacial score (nSPS) is 20.9. The predicted octanol–water partition coefficient (Wildman–Crippen LogP) is 2.63. The Kier molecular flexibility index (Phi) is 4.42. The average molecular weight is 266 g/mol. The number of aryl methyl sites for hydroxylation is 1. The second-order valence-corrected chi connectivity index (χ2v) is 5.50. The van der Waals surface area contributed by atoms with Gasteiger partial charge in [0.05, 0.1) is 6.61 Å². The molecule has 4 heteroatoms. The molecule has 2 N–H and O–H groups in total. The minimum atomic E-state index is -0.177. The fraction of sp³-hybridized carbons (Fsp3) is 0.600. The molecule has 0 amide bonds. The molecule has 1 aromatic rings. The molecule has 0 bridgehead atoms. The van der Waals surface area contributed by atoms with Gasteiger partial charge in [0, 0.05) is 37.8 Å². The minimum absolute atomic E-state index is 0.161. The lowest BCUT2D eigenvalue weighted by atomic mass is 10.0. The van der Waals surface area contributed by atoms with Gasteiger partial charge in [-0.15, -0.1) is 0 Å². The molecule has 106 valence electrons. The molecular formula is C15H23FN2O. The van der Waals surface area contributed by atoms with Crippen molar-refractivity contribution in [1.29, 1.82) is 0 Å². The van der Waals surface area contributed by atoms with E-state index in [0.717, 1.165) is 37.4 Å². The molecule has 0 aromatic heterocycles. The van der Waals surface area contributed by atoms with Crippen LogP contribution in [0.2, 0.25) is 0 Å². The first-order valence-corrected chi connectivity index (χ1v) is 6.82. The molecule has 19 heavy (non-hydrogen) atoms. The number of benzene rings is 1. The first-order valence-electron chi connectivity index (χ1n) is 6.82. The fourth-order valence-electron chi connectivity index (χ4n) is 2.74. The summed E-state index contributed by atoms with van der Waals surface area (Å²) in [5, 5.41) is 0. The number of nitrogens with zero attached hydrogens (tertiary/aromatic N) is 1. The van der Waals surface area contributed by atoms with Gasteiger partial charge in [0.15, 0.2) is 0 Å². The largest absolute Gasteiger partial charge is 0.384 e. The van der Waals surface area contributed by atoms with E-state index in [1.54, 1.807) is 20.1 Å². The Labute approximate surface area is 114 Å². The Morgan fingerprint density at radius 3 is 2.89 bits per heavy atom. The smallest absolute Gasteiger partial charge is 0.126 e. The highest BCUT2D eigenvalue weighted by molar-refractivity contribution is 5.57. The zero-order chi connectivity index (χ0) is 14.0. The van der Waals surface area contributed by atoms with E-state index in [4.69, 9.17) is 10.5 Å². The molecule has 1 aliphatic heterocycles. The maximum Gasteiger partial charge on any atom is 0.126 e. The Morgan fingerprint density at radius 1 is 1.53 bits per heavy atom. The van der Waals surface area contributed by atoms with Crippen LogP contribution in [0.4, 0.5) is 10.1 Å². The number of halogens is 1. The molecule has 1 heterocycles. The molecule has 0 spiro atoms. The molecule has 0 saturated carbocycles. The van der Waals surface area contributed by atoms with Crippen LogP contribution in [0.15, 0.2) is 12.1 Å². The van der Waals surface area contributed by atoms with Crippen LogP contribution in [0.25, 0.3) is 0 Å². The van der Waals surface area contributed by atoms with Crippen LogP contribution >= 0.6 is 0 Å². The summed E-state index contributed by atoms with van der Waals surface area (Å²) < 4.78 is 18.9. The van der Waals surface area contributed by atoms with Crippen LogP contribution in [0.5, 0.6) is 0 Å². The van der Waals surface area contributed by atoms with Gasteiger partial charge in [0.25, 0.3) is 0 Å². The van der Waals surface area contributed by atoms with E-state index in [1.165, 1.54) is 0 Å². The van der Waals surface area contributed by atoms with Gasteiger partial charge in [-0.2, -0.15) is 0 Å². The number of hydrogen-bond acceptors (Lipinski definition) is 3. The molecule has 1 fully saturated rings. The lowest BCUT2D eigenvalue weighted by molar-refractivity contribution is 0.161. The molecule has 3 nitrogen and oxygen atoms in total. The molecular weight excluding hydrogens is 243 g/mol. The lowest BCUT2D eigenvalue weighted by Crippen LogP contribution is -2.24. The van der Waals surface area contributed by atoms with Crippen molar-refractivity contribution in [2.45, 2.75) is 26.3 Å². The van der Waals surface area contributed by atoms with Crippen LogP contribution in [-0.2, 0) is 4.74 Å². The Bertz CT molecular complexity index is 448. The molecule has 1 saturated heterocycles. The second kappa shape index (κ2) is 5.88. The van der Waals surface area contributed by atoms with Crippen molar-refractivity contribution in [2.75, 3.05) is 31.7 Å². The van der Waals surface area contributed by atoms with Crippen LogP contribution < -0.4 is 10.6 Å². The molecule has 2 unspecified atom stereocenters. The van der Waals surface area contributed by atoms with E-state index in [2.05, 4.69) is 4.90 Å². The summed E-state index contributed by atoms with van der Waals surface area (Å²) in [7, 11) is 1.73. The summed E-state index contributed by atoms with van der Waals surface area (Å²) in [6, 6.07) is 3.34. The van der Waals surface area contributed by atoms with Crippen LogP contribution in [-0.4, -0.2) is 26.8 Å². The van der Waals surface area contributed by atoms with Gasteiger partial charge < -0.3 is 15.4 Å². The summed E-state index contributed by atoms with van der Waals surface area (Å²) in [6.45, 7) is 6.42. The summed E-state index contributed by atoms with van der Waals surface area (Å²) >= 11 is 0. The van der Waals surface area contributed by atoms with E-state index in [-0.39, 0.29) is 11.9 Å². The van der Waals surface area contributed by atoms with E-state index in [9.17, 15) is 4.39 Å². The second-order valence-electron chi connectivity index (χ2n) is 5.50. The van der Waals surface area contributed by atoms with Gasteiger partial charge in [-0.1, -0.05) is 0 Å². The third kappa shape index (κ3) is 3.07. The number of rotatable bonds is 4. The maximum atomic E-state index is 13.7. The third-order valence-electron chi connectivity index (χ3n) is 3.83. The fourth-order valence-corrected chi connectivity index (χ4v) is 2.74.